The van der Waals surface area contributed by atoms with Crippen LogP contribution in [0.2, 0.25) is 0 Å². The number of aromatic nitrogens is 2. The zero-order chi connectivity index (χ0) is 16.2. The van der Waals surface area contributed by atoms with Gasteiger partial charge in [0.05, 0.1) is 18.0 Å². The largest absolute Gasteiger partial charge is 0.310 e. The van der Waals surface area contributed by atoms with Crippen LogP contribution in [0.3, 0.4) is 0 Å². The molecule has 0 unspecified atom stereocenters. The molecule has 5 nitrogen and oxygen atoms in total. The summed E-state index contributed by atoms with van der Waals surface area (Å²) >= 11 is 0. The molecule has 1 aromatic carbocycles. The van der Waals surface area contributed by atoms with E-state index in [-0.39, 0.29) is 23.7 Å². The lowest BCUT2D eigenvalue weighted by atomic mass is 9.96. The lowest BCUT2D eigenvalue weighted by Crippen LogP contribution is -2.16. The Labute approximate surface area is 133 Å². The monoisotopic (exact) mass is 310 g/mol. The van der Waals surface area contributed by atoms with Crippen molar-refractivity contribution in [3.8, 4) is 17.3 Å². The molecule has 1 fully saturated rings. The summed E-state index contributed by atoms with van der Waals surface area (Å²) in [6.07, 6.45) is 6.23. The van der Waals surface area contributed by atoms with Gasteiger partial charge in [-0.1, -0.05) is 6.07 Å². The maximum absolute atomic E-state index is 14.3. The van der Waals surface area contributed by atoms with Crippen LogP contribution in [0.1, 0.15) is 23.2 Å². The molecule has 1 aliphatic heterocycles. The first-order valence-electron chi connectivity index (χ1n) is 7.42. The molecule has 1 aromatic heterocycles. The molecular formula is C17H15FN4O. The van der Waals surface area contributed by atoms with Gasteiger partial charge >= 0.3 is 0 Å². The van der Waals surface area contributed by atoms with Crippen molar-refractivity contribution in [1.29, 1.82) is 5.26 Å². The molecule has 0 aliphatic carbocycles. The number of carbonyl (C=O) groups is 1. The number of benzene rings is 1. The summed E-state index contributed by atoms with van der Waals surface area (Å²) in [5.41, 5.74) is 1.51. The molecule has 0 N–H and O–H groups in total. The number of Topliss-reactive ketones (excluding diaryl/α,β-unsaturated/α-hetero) is 1. The molecule has 2 heterocycles. The number of nitrogens with zero attached hydrogens (tertiary/aromatic N) is 4. The van der Waals surface area contributed by atoms with E-state index in [4.69, 9.17) is 5.26 Å². The minimum atomic E-state index is -0.528. The number of ketones is 1. The molecule has 0 bridgehead atoms. The molecule has 1 atom stereocenters. The van der Waals surface area contributed by atoms with Crippen LogP contribution in [0.25, 0.3) is 11.1 Å². The molecule has 1 aliphatic rings. The molecule has 3 rings (SSSR count). The molecule has 0 radical (unpaired) electrons. The Bertz CT molecular complexity index is 757. The van der Waals surface area contributed by atoms with Gasteiger partial charge in [-0.15, -0.1) is 0 Å². The Balaban J connectivity index is 1.73. The molecule has 0 amide bonds. The van der Waals surface area contributed by atoms with Crippen molar-refractivity contribution in [3.63, 3.8) is 0 Å². The Morgan fingerprint density at radius 1 is 1.35 bits per heavy atom. The van der Waals surface area contributed by atoms with E-state index in [1.807, 2.05) is 0 Å². The summed E-state index contributed by atoms with van der Waals surface area (Å²) in [5, 5.41) is 16.3. The third-order valence-electron chi connectivity index (χ3n) is 4.09. The minimum absolute atomic E-state index is 0.103. The molecule has 2 aromatic rings. The van der Waals surface area contributed by atoms with Gasteiger partial charge in [-0.2, -0.15) is 15.5 Å². The molecule has 6 heteroatoms. The third kappa shape index (κ3) is 3.34. The van der Waals surface area contributed by atoms with Crippen LogP contribution in [0.15, 0.2) is 36.7 Å². The number of hydrogen-bond donors (Lipinski definition) is 0. The number of rotatable bonds is 4. The van der Waals surface area contributed by atoms with E-state index >= 15 is 0 Å². The molecular weight excluding hydrogens is 295 g/mol. The van der Waals surface area contributed by atoms with Crippen LogP contribution in [-0.2, 0) is 0 Å². The Hall–Kier alpha value is -2.81. The highest BCUT2D eigenvalue weighted by Gasteiger charge is 2.25. The first-order chi connectivity index (χ1) is 11.2. The van der Waals surface area contributed by atoms with Crippen LogP contribution >= 0.6 is 0 Å². The van der Waals surface area contributed by atoms with Crippen molar-refractivity contribution in [1.82, 2.24) is 15.1 Å². The summed E-state index contributed by atoms with van der Waals surface area (Å²) in [6.45, 7) is 1.25. The van der Waals surface area contributed by atoms with E-state index in [1.165, 1.54) is 18.3 Å². The highest BCUT2D eigenvalue weighted by molar-refractivity contribution is 5.97. The third-order valence-corrected chi connectivity index (χ3v) is 4.09. The van der Waals surface area contributed by atoms with Gasteiger partial charge in [0.2, 0.25) is 0 Å². The maximum Gasteiger partial charge on any atom is 0.179 e. The van der Waals surface area contributed by atoms with E-state index in [0.717, 1.165) is 12.0 Å². The molecule has 0 saturated carbocycles. The lowest BCUT2D eigenvalue weighted by Gasteiger charge is -2.10. The fourth-order valence-electron chi connectivity index (χ4n) is 2.84. The number of likely N-dealkylation sites (tertiary alicyclic amines) is 1. The van der Waals surface area contributed by atoms with Crippen molar-refractivity contribution in [2.24, 2.45) is 5.92 Å². The highest BCUT2D eigenvalue weighted by Crippen LogP contribution is 2.25. The number of nitriles is 1. The second kappa shape index (κ2) is 6.53. The average molecular weight is 310 g/mol. The van der Waals surface area contributed by atoms with Crippen LogP contribution in [0, 0.1) is 23.2 Å². The van der Waals surface area contributed by atoms with Crippen molar-refractivity contribution in [3.05, 3.63) is 48.0 Å². The zero-order valence-electron chi connectivity index (χ0n) is 12.4. The van der Waals surface area contributed by atoms with Crippen molar-refractivity contribution in [2.45, 2.75) is 12.8 Å². The van der Waals surface area contributed by atoms with E-state index < -0.39 is 5.82 Å². The topological polar surface area (TPSA) is 69.9 Å². The SMILES string of the molecule is N#CN1CC[C@@H](CC(=O)c2ccc(-c3ccnnc3)cc2F)C1. The number of carbonyl (C=O) groups excluding carboxylic acids is 1. The summed E-state index contributed by atoms with van der Waals surface area (Å²) < 4.78 is 14.3. The van der Waals surface area contributed by atoms with E-state index in [1.54, 1.807) is 23.2 Å². The van der Waals surface area contributed by atoms with Gasteiger partial charge in [-0.3, -0.25) is 4.79 Å². The summed E-state index contributed by atoms with van der Waals surface area (Å²) in [5.74, 6) is -0.628. The Morgan fingerprint density at radius 3 is 2.87 bits per heavy atom. The van der Waals surface area contributed by atoms with E-state index in [9.17, 15) is 9.18 Å². The fourth-order valence-corrected chi connectivity index (χ4v) is 2.84. The smallest absolute Gasteiger partial charge is 0.179 e. The molecule has 116 valence electrons. The van der Waals surface area contributed by atoms with Gasteiger partial charge in [0, 0.05) is 25.1 Å². The summed E-state index contributed by atoms with van der Waals surface area (Å²) in [4.78, 5) is 13.9. The van der Waals surface area contributed by atoms with Crippen LogP contribution in [-0.4, -0.2) is 34.0 Å². The lowest BCUT2D eigenvalue weighted by molar-refractivity contribution is 0.0959. The first kappa shape index (κ1) is 15.1. The van der Waals surface area contributed by atoms with Crippen molar-refractivity contribution < 1.29 is 9.18 Å². The number of hydrogen-bond acceptors (Lipinski definition) is 5. The summed E-state index contributed by atoms with van der Waals surface area (Å²) in [6, 6.07) is 6.31. The molecule has 1 saturated heterocycles. The minimum Gasteiger partial charge on any atom is -0.310 e. The van der Waals surface area contributed by atoms with Gasteiger partial charge in [0.25, 0.3) is 0 Å². The van der Waals surface area contributed by atoms with E-state index in [0.29, 0.717) is 18.7 Å². The fraction of sp³-hybridized carbons (Fsp3) is 0.294. The predicted molar refractivity (Wildman–Crippen MR) is 81.7 cm³/mol. The second-order valence-electron chi connectivity index (χ2n) is 5.65. The zero-order valence-corrected chi connectivity index (χ0v) is 12.4. The van der Waals surface area contributed by atoms with Crippen LogP contribution in [0.4, 0.5) is 4.39 Å². The average Bonchev–Trinajstić information content (AvgIpc) is 3.03. The van der Waals surface area contributed by atoms with Crippen molar-refractivity contribution >= 4 is 5.78 Å². The summed E-state index contributed by atoms with van der Waals surface area (Å²) in [7, 11) is 0. The number of halogens is 1. The van der Waals surface area contributed by atoms with Gasteiger partial charge in [0.15, 0.2) is 12.0 Å². The van der Waals surface area contributed by atoms with E-state index in [2.05, 4.69) is 16.4 Å². The molecule has 0 spiro atoms. The highest BCUT2D eigenvalue weighted by atomic mass is 19.1. The quantitative estimate of drug-likeness (QED) is 0.641. The standard InChI is InChI=1S/C17H15FN4O/c18-16-8-13(14-3-5-20-21-9-14)1-2-15(16)17(23)7-12-4-6-22(10-12)11-19/h1-3,5,8-9,12H,4,6-7,10H2/t12-/m0/s1. The Morgan fingerprint density at radius 2 is 2.22 bits per heavy atom. The maximum atomic E-state index is 14.3. The van der Waals surface area contributed by atoms with Gasteiger partial charge in [-0.05, 0) is 36.1 Å². The second-order valence-corrected chi connectivity index (χ2v) is 5.65. The van der Waals surface area contributed by atoms with Crippen molar-refractivity contribution in [2.75, 3.05) is 13.1 Å². The van der Waals surface area contributed by atoms with Crippen LogP contribution in [0.5, 0.6) is 0 Å². The van der Waals surface area contributed by atoms with Gasteiger partial charge in [-0.25, -0.2) is 4.39 Å². The predicted octanol–water partition coefficient (Wildman–Crippen LogP) is 2.66. The normalized spacial score (nSPS) is 17.0. The van der Waals surface area contributed by atoms with Gasteiger partial charge in [0.1, 0.15) is 5.82 Å². The first-order valence-corrected chi connectivity index (χ1v) is 7.42. The Kier molecular flexibility index (Phi) is 4.29. The van der Waals surface area contributed by atoms with Gasteiger partial charge < -0.3 is 4.90 Å². The van der Waals surface area contributed by atoms with Crippen LogP contribution < -0.4 is 0 Å². The molecule has 23 heavy (non-hydrogen) atoms.